The first-order valence-electron chi connectivity index (χ1n) is 9.65. The van der Waals surface area contributed by atoms with Crippen LogP contribution in [0.1, 0.15) is 30.0 Å². The summed E-state index contributed by atoms with van der Waals surface area (Å²) in [5, 5.41) is 0. The number of amides is 1. The number of ether oxygens (including phenoxy) is 2. The molecule has 1 aromatic carbocycles. The molecule has 0 bridgehead atoms. The van der Waals surface area contributed by atoms with Gasteiger partial charge in [0.1, 0.15) is 0 Å². The van der Waals surface area contributed by atoms with Crippen molar-refractivity contribution < 1.29 is 18.7 Å². The highest BCUT2D eigenvalue weighted by Crippen LogP contribution is 2.42. The molecule has 2 saturated heterocycles. The van der Waals surface area contributed by atoms with Crippen LogP contribution in [0.25, 0.3) is 0 Å². The molecule has 0 spiro atoms. The number of fused-ring (bicyclic) bond motifs is 3. The van der Waals surface area contributed by atoms with E-state index in [9.17, 15) is 9.18 Å². The van der Waals surface area contributed by atoms with Crippen LogP contribution in [0.2, 0.25) is 0 Å². The topological polar surface area (TPSA) is 68.0 Å². The molecule has 29 heavy (non-hydrogen) atoms. The van der Waals surface area contributed by atoms with Gasteiger partial charge >= 0.3 is 0 Å². The number of hydrogen-bond donors (Lipinski definition) is 1. The Morgan fingerprint density at radius 1 is 1.17 bits per heavy atom. The molecule has 0 aliphatic carbocycles. The van der Waals surface area contributed by atoms with Crippen molar-refractivity contribution >= 4 is 30.7 Å². The number of benzene rings is 1. The van der Waals surface area contributed by atoms with Crippen molar-refractivity contribution in [1.29, 1.82) is 0 Å². The smallest absolute Gasteiger partial charge is 0.223 e. The fourth-order valence-corrected chi connectivity index (χ4v) is 4.93. The van der Waals surface area contributed by atoms with Crippen molar-refractivity contribution in [3.63, 3.8) is 0 Å². The zero-order valence-electron chi connectivity index (χ0n) is 16.8. The number of carbonyl (C=O) groups excluding carboxylic acids is 1. The lowest BCUT2D eigenvalue weighted by molar-refractivity contribution is -0.131. The molecule has 4 atom stereocenters. The summed E-state index contributed by atoms with van der Waals surface area (Å²) < 4.78 is 24.0. The Kier molecular flexibility index (Phi) is 8.01. The Hall–Kier alpha value is -1.28. The van der Waals surface area contributed by atoms with Crippen molar-refractivity contribution in [2.45, 2.75) is 37.4 Å². The van der Waals surface area contributed by atoms with Gasteiger partial charge in [-0.15, -0.1) is 24.8 Å². The van der Waals surface area contributed by atoms with Crippen LogP contribution in [0.3, 0.4) is 0 Å². The maximum Gasteiger partial charge on any atom is 0.223 e. The zero-order valence-corrected chi connectivity index (χ0v) is 18.4. The van der Waals surface area contributed by atoms with Gasteiger partial charge < -0.3 is 20.1 Å². The average Bonchev–Trinajstić information content (AvgIpc) is 3.06. The second-order valence-corrected chi connectivity index (χ2v) is 7.90. The Morgan fingerprint density at radius 3 is 2.48 bits per heavy atom. The van der Waals surface area contributed by atoms with Gasteiger partial charge in [-0.3, -0.25) is 14.1 Å². The quantitative estimate of drug-likeness (QED) is 0.763. The van der Waals surface area contributed by atoms with Gasteiger partial charge in [0.05, 0.1) is 26.9 Å². The SMILES string of the molecule is COc1cc2c(cc1OC)[C@@H]1C[C@@H](N)[C@@H](N3C[C@@H](CF)CC3=O)CN1CC2.Cl.Cl. The molecule has 2 fully saturated rings. The first-order chi connectivity index (χ1) is 13.0. The number of nitrogens with zero attached hydrogens (tertiary/aromatic N) is 2. The number of likely N-dealkylation sites (tertiary alicyclic amines) is 1. The van der Waals surface area contributed by atoms with Crippen LogP contribution in [-0.4, -0.2) is 68.3 Å². The van der Waals surface area contributed by atoms with Crippen LogP contribution in [0.4, 0.5) is 4.39 Å². The van der Waals surface area contributed by atoms with Gasteiger partial charge in [0.2, 0.25) is 5.91 Å². The van der Waals surface area contributed by atoms with E-state index in [0.717, 1.165) is 37.4 Å². The van der Waals surface area contributed by atoms with Gasteiger partial charge in [-0.2, -0.15) is 0 Å². The number of rotatable bonds is 4. The van der Waals surface area contributed by atoms with Crippen LogP contribution >= 0.6 is 24.8 Å². The van der Waals surface area contributed by atoms with Gasteiger partial charge in [-0.1, -0.05) is 0 Å². The van der Waals surface area contributed by atoms with E-state index in [1.165, 1.54) is 11.1 Å². The highest BCUT2D eigenvalue weighted by Gasteiger charge is 2.44. The minimum absolute atomic E-state index is 0. The van der Waals surface area contributed by atoms with Crippen LogP contribution < -0.4 is 15.2 Å². The van der Waals surface area contributed by atoms with Gasteiger partial charge in [-0.05, 0) is 36.1 Å². The summed E-state index contributed by atoms with van der Waals surface area (Å²) in [4.78, 5) is 16.6. The van der Waals surface area contributed by atoms with Crippen molar-refractivity contribution in [2.75, 3.05) is 40.5 Å². The van der Waals surface area contributed by atoms with Crippen molar-refractivity contribution in [2.24, 2.45) is 11.7 Å². The fourth-order valence-electron chi connectivity index (χ4n) is 4.93. The maximum absolute atomic E-state index is 13.0. The molecule has 3 aliphatic heterocycles. The van der Waals surface area contributed by atoms with E-state index < -0.39 is 6.67 Å². The van der Waals surface area contributed by atoms with E-state index in [-0.39, 0.29) is 54.8 Å². The zero-order chi connectivity index (χ0) is 19.1. The van der Waals surface area contributed by atoms with E-state index in [2.05, 4.69) is 17.0 Å². The van der Waals surface area contributed by atoms with Crippen molar-refractivity contribution in [3.8, 4) is 11.5 Å². The largest absolute Gasteiger partial charge is 0.493 e. The highest BCUT2D eigenvalue weighted by molar-refractivity contribution is 5.85. The molecule has 0 unspecified atom stereocenters. The average molecular weight is 450 g/mol. The molecule has 2 N–H and O–H groups in total. The lowest BCUT2D eigenvalue weighted by Crippen LogP contribution is -2.60. The minimum Gasteiger partial charge on any atom is -0.493 e. The second-order valence-electron chi connectivity index (χ2n) is 7.90. The molecule has 164 valence electrons. The van der Waals surface area contributed by atoms with E-state index in [1.54, 1.807) is 14.2 Å². The molecule has 9 heteroatoms. The van der Waals surface area contributed by atoms with Crippen molar-refractivity contribution in [3.05, 3.63) is 23.3 Å². The van der Waals surface area contributed by atoms with Crippen LogP contribution in [0, 0.1) is 5.92 Å². The Labute approximate surface area is 183 Å². The molecule has 6 nitrogen and oxygen atoms in total. The number of carbonyl (C=O) groups is 1. The fraction of sp³-hybridized carbons (Fsp3) is 0.650. The number of piperidine rings is 1. The number of hydrogen-bond acceptors (Lipinski definition) is 5. The molecule has 4 rings (SSSR count). The second kappa shape index (κ2) is 9.69. The molecular formula is C20H30Cl2FN3O3. The first-order valence-corrected chi connectivity index (χ1v) is 9.65. The van der Waals surface area contributed by atoms with Gasteiger partial charge in [0.15, 0.2) is 11.5 Å². The van der Waals surface area contributed by atoms with Crippen molar-refractivity contribution in [1.82, 2.24) is 9.80 Å². The number of methoxy groups -OCH3 is 2. The molecule has 1 amide bonds. The Bertz CT molecular complexity index is 739. The van der Waals surface area contributed by atoms with E-state index in [1.807, 2.05) is 4.90 Å². The molecule has 0 saturated carbocycles. The van der Waals surface area contributed by atoms with Gasteiger partial charge in [0, 0.05) is 44.1 Å². The summed E-state index contributed by atoms with van der Waals surface area (Å²) in [6.07, 6.45) is 2.01. The predicted octanol–water partition coefficient (Wildman–Crippen LogP) is 2.36. The summed E-state index contributed by atoms with van der Waals surface area (Å²) in [7, 11) is 3.30. The molecule has 3 aliphatic rings. The lowest BCUT2D eigenvalue weighted by Gasteiger charge is -2.48. The van der Waals surface area contributed by atoms with E-state index >= 15 is 0 Å². The maximum atomic E-state index is 13.0. The number of alkyl halides is 1. The van der Waals surface area contributed by atoms with Gasteiger partial charge in [0.25, 0.3) is 0 Å². The summed E-state index contributed by atoms with van der Waals surface area (Å²) >= 11 is 0. The summed E-state index contributed by atoms with van der Waals surface area (Å²) in [6.45, 7) is 1.72. The third kappa shape index (κ3) is 4.29. The van der Waals surface area contributed by atoms with Crippen LogP contribution in [0.15, 0.2) is 12.1 Å². The number of halogens is 3. The molecule has 0 aromatic heterocycles. The predicted molar refractivity (Wildman–Crippen MR) is 114 cm³/mol. The van der Waals surface area contributed by atoms with Gasteiger partial charge in [-0.25, -0.2) is 0 Å². The van der Waals surface area contributed by atoms with E-state index in [4.69, 9.17) is 15.2 Å². The Balaban J connectivity index is 0.00000150. The third-order valence-electron chi connectivity index (χ3n) is 6.38. The van der Waals surface area contributed by atoms with Crippen LogP contribution in [0.5, 0.6) is 11.5 Å². The number of nitrogens with two attached hydrogens (primary N) is 1. The normalized spacial score (nSPS) is 28.7. The Morgan fingerprint density at radius 2 is 1.86 bits per heavy atom. The molecular weight excluding hydrogens is 420 g/mol. The summed E-state index contributed by atoms with van der Waals surface area (Å²) in [5.41, 5.74) is 9.04. The third-order valence-corrected chi connectivity index (χ3v) is 6.38. The summed E-state index contributed by atoms with van der Waals surface area (Å²) in [5.74, 6) is 1.35. The first kappa shape index (κ1) is 24.0. The standard InChI is InChI=1S/C20H28FN3O3.2ClH/c1-26-18-6-13-3-4-23-11-17(24-10-12(9-21)5-20(24)25)15(22)8-16(23)14(13)7-19(18)27-2;;/h6-7,12,15-17H,3-5,8-11,22H2,1-2H3;2*1H/t12-,15-,16+,17+;;/m1../s1. The molecule has 3 heterocycles. The van der Waals surface area contributed by atoms with Crippen LogP contribution in [-0.2, 0) is 11.2 Å². The molecule has 0 radical (unpaired) electrons. The lowest BCUT2D eigenvalue weighted by atomic mass is 9.83. The van der Waals surface area contributed by atoms with E-state index in [0.29, 0.717) is 13.0 Å². The monoisotopic (exact) mass is 449 g/mol. The molecule has 1 aromatic rings. The minimum atomic E-state index is -0.439. The summed E-state index contributed by atoms with van der Waals surface area (Å²) in [6, 6.07) is 4.20. The highest BCUT2D eigenvalue weighted by atomic mass is 35.5.